The molecule has 0 saturated carbocycles. The Hall–Kier alpha value is -1.94. The van der Waals surface area contributed by atoms with Gasteiger partial charge in [0.2, 0.25) is 0 Å². The zero-order valence-electron chi connectivity index (χ0n) is 17.4. The Balaban J connectivity index is 0.00000420. The molecule has 1 heterocycles. The second-order valence-corrected chi connectivity index (χ2v) is 6.11. The maximum atomic E-state index is 5.57. The van der Waals surface area contributed by atoms with Gasteiger partial charge in [0, 0.05) is 26.2 Å². The van der Waals surface area contributed by atoms with Gasteiger partial charge in [-0.2, -0.15) is 0 Å². The van der Waals surface area contributed by atoms with Crippen molar-refractivity contribution in [1.29, 1.82) is 0 Å². The minimum absolute atomic E-state index is 0. The molecule has 0 atom stereocenters. The molecule has 0 amide bonds. The van der Waals surface area contributed by atoms with Crippen molar-refractivity contribution in [3.8, 4) is 11.5 Å². The maximum absolute atomic E-state index is 5.57. The van der Waals surface area contributed by atoms with Gasteiger partial charge in [-0.25, -0.2) is 0 Å². The number of hydrogen-bond acceptors (Lipinski definition) is 5. The van der Waals surface area contributed by atoms with E-state index in [9.17, 15) is 0 Å². The van der Waals surface area contributed by atoms with Gasteiger partial charge in [-0.1, -0.05) is 6.07 Å². The van der Waals surface area contributed by atoms with Gasteiger partial charge in [0.15, 0.2) is 17.5 Å². The molecule has 0 fully saturated rings. The van der Waals surface area contributed by atoms with E-state index in [0.717, 1.165) is 49.1 Å². The number of nitrogens with one attached hydrogen (secondary N) is 2. The van der Waals surface area contributed by atoms with Gasteiger partial charge in [0.25, 0.3) is 0 Å². The van der Waals surface area contributed by atoms with E-state index in [1.54, 1.807) is 20.5 Å². The van der Waals surface area contributed by atoms with Gasteiger partial charge < -0.3 is 29.3 Å². The van der Waals surface area contributed by atoms with Crippen molar-refractivity contribution in [2.75, 3.05) is 40.5 Å². The molecule has 7 nitrogen and oxygen atoms in total. The molecule has 0 aliphatic heterocycles. The topological polar surface area (TPSA) is 77.3 Å². The highest BCUT2D eigenvalue weighted by molar-refractivity contribution is 14.0. The monoisotopic (exact) mass is 517 g/mol. The van der Waals surface area contributed by atoms with Crippen LogP contribution in [-0.2, 0) is 17.8 Å². The standard InChI is InChI=1S/C21H31N3O4.HI/c1-4-22-21(23-11-6-13-27-16-18-7-5-14-28-18)24-12-10-17-8-9-19(25-2)20(15-17)26-3;/h5,7-9,14-15H,4,6,10-13,16H2,1-3H3,(H2,22,23,24);1H. The molecule has 0 unspecified atom stereocenters. The Kier molecular flexibility index (Phi) is 13.0. The number of benzene rings is 1. The number of furan rings is 1. The van der Waals surface area contributed by atoms with Gasteiger partial charge in [0.1, 0.15) is 12.4 Å². The summed E-state index contributed by atoms with van der Waals surface area (Å²) < 4.78 is 21.4. The molecule has 2 N–H and O–H groups in total. The van der Waals surface area contributed by atoms with E-state index in [4.69, 9.17) is 18.6 Å². The molecule has 29 heavy (non-hydrogen) atoms. The molecule has 2 aromatic rings. The van der Waals surface area contributed by atoms with Gasteiger partial charge in [-0.15, -0.1) is 24.0 Å². The van der Waals surface area contributed by atoms with Crippen LogP contribution in [-0.4, -0.2) is 46.4 Å². The number of rotatable bonds is 12. The van der Waals surface area contributed by atoms with E-state index in [1.807, 2.05) is 30.3 Å². The summed E-state index contributed by atoms with van der Waals surface area (Å²) in [6.45, 7) is 5.49. The second kappa shape index (κ2) is 15.0. The summed E-state index contributed by atoms with van der Waals surface area (Å²) in [4.78, 5) is 4.59. The SMILES string of the molecule is CCNC(=NCCCOCc1ccco1)NCCc1ccc(OC)c(OC)c1.I. The van der Waals surface area contributed by atoms with Crippen LogP contribution in [0.5, 0.6) is 11.5 Å². The van der Waals surface area contributed by atoms with Crippen molar-refractivity contribution >= 4 is 29.9 Å². The molecule has 1 aromatic carbocycles. The van der Waals surface area contributed by atoms with Crippen LogP contribution < -0.4 is 20.1 Å². The van der Waals surface area contributed by atoms with E-state index >= 15 is 0 Å². The summed E-state index contributed by atoms with van der Waals surface area (Å²) in [7, 11) is 3.29. The normalized spacial score (nSPS) is 10.9. The highest BCUT2D eigenvalue weighted by atomic mass is 127. The minimum Gasteiger partial charge on any atom is -0.493 e. The number of halogens is 1. The van der Waals surface area contributed by atoms with Crippen molar-refractivity contribution < 1.29 is 18.6 Å². The van der Waals surface area contributed by atoms with Crippen LogP contribution in [0.3, 0.4) is 0 Å². The van der Waals surface area contributed by atoms with Crippen molar-refractivity contribution in [2.45, 2.75) is 26.4 Å². The first-order chi connectivity index (χ1) is 13.8. The van der Waals surface area contributed by atoms with Crippen molar-refractivity contribution in [1.82, 2.24) is 10.6 Å². The Morgan fingerprint density at radius 1 is 1.10 bits per heavy atom. The zero-order chi connectivity index (χ0) is 20.0. The lowest BCUT2D eigenvalue weighted by atomic mass is 10.1. The molecule has 0 aliphatic carbocycles. The fourth-order valence-corrected chi connectivity index (χ4v) is 2.63. The lowest BCUT2D eigenvalue weighted by molar-refractivity contribution is 0.105. The third-order valence-corrected chi connectivity index (χ3v) is 4.04. The molecule has 8 heteroatoms. The van der Waals surface area contributed by atoms with Gasteiger partial charge in [0.05, 0.1) is 20.5 Å². The molecular formula is C21H32IN3O4. The van der Waals surface area contributed by atoms with Crippen LogP contribution in [0.2, 0.25) is 0 Å². The molecule has 0 saturated heterocycles. The van der Waals surface area contributed by atoms with Crippen LogP contribution in [0.25, 0.3) is 0 Å². The zero-order valence-corrected chi connectivity index (χ0v) is 19.7. The third kappa shape index (κ3) is 9.40. The van der Waals surface area contributed by atoms with E-state index in [-0.39, 0.29) is 24.0 Å². The van der Waals surface area contributed by atoms with Crippen molar-refractivity contribution in [2.24, 2.45) is 4.99 Å². The highest BCUT2D eigenvalue weighted by Gasteiger charge is 2.05. The number of nitrogens with zero attached hydrogens (tertiary/aromatic N) is 1. The number of guanidine groups is 1. The maximum Gasteiger partial charge on any atom is 0.191 e. The summed E-state index contributed by atoms with van der Waals surface area (Å²) in [5.74, 6) is 3.14. The second-order valence-electron chi connectivity index (χ2n) is 6.11. The number of ether oxygens (including phenoxy) is 3. The quantitative estimate of drug-likeness (QED) is 0.194. The van der Waals surface area contributed by atoms with Crippen molar-refractivity contribution in [3.05, 3.63) is 47.9 Å². The first kappa shape index (κ1) is 25.1. The first-order valence-electron chi connectivity index (χ1n) is 9.60. The highest BCUT2D eigenvalue weighted by Crippen LogP contribution is 2.27. The summed E-state index contributed by atoms with van der Waals surface area (Å²) in [6, 6.07) is 9.74. The molecule has 1 aromatic heterocycles. The molecule has 0 bridgehead atoms. The van der Waals surface area contributed by atoms with Gasteiger partial charge >= 0.3 is 0 Å². The first-order valence-corrected chi connectivity index (χ1v) is 9.60. The minimum atomic E-state index is 0. The fraction of sp³-hybridized carbons (Fsp3) is 0.476. The van der Waals surface area contributed by atoms with Gasteiger partial charge in [-0.3, -0.25) is 4.99 Å². The molecule has 0 spiro atoms. The Morgan fingerprint density at radius 2 is 1.93 bits per heavy atom. The smallest absolute Gasteiger partial charge is 0.191 e. The summed E-state index contributed by atoms with van der Waals surface area (Å²) in [6.07, 6.45) is 3.36. The molecular weight excluding hydrogens is 485 g/mol. The number of aliphatic imine (C=N–C) groups is 1. The largest absolute Gasteiger partial charge is 0.493 e. The summed E-state index contributed by atoms with van der Waals surface area (Å²) >= 11 is 0. The third-order valence-electron chi connectivity index (χ3n) is 4.04. The van der Waals surface area contributed by atoms with E-state index < -0.39 is 0 Å². The Morgan fingerprint density at radius 3 is 2.62 bits per heavy atom. The van der Waals surface area contributed by atoms with Crippen LogP contribution in [0, 0.1) is 0 Å². The average molecular weight is 517 g/mol. The lowest BCUT2D eigenvalue weighted by Gasteiger charge is -2.12. The van der Waals surface area contributed by atoms with Crippen molar-refractivity contribution in [3.63, 3.8) is 0 Å². The van der Waals surface area contributed by atoms with E-state index in [0.29, 0.717) is 19.8 Å². The van der Waals surface area contributed by atoms with Gasteiger partial charge in [-0.05, 0) is 49.6 Å². The Bertz CT molecular complexity index is 708. The predicted octanol–water partition coefficient (Wildman–Crippen LogP) is 3.62. The molecule has 0 aliphatic rings. The summed E-state index contributed by atoms with van der Waals surface area (Å²) in [5, 5.41) is 6.62. The number of methoxy groups -OCH3 is 2. The van der Waals surface area contributed by atoms with E-state index in [2.05, 4.69) is 22.5 Å². The number of hydrogen-bond donors (Lipinski definition) is 2. The average Bonchev–Trinajstić information content (AvgIpc) is 3.23. The summed E-state index contributed by atoms with van der Waals surface area (Å²) in [5.41, 5.74) is 1.17. The fourth-order valence-electron chi connectivity index (χ4n) is 2.63. The molecule has 2 rings (SSSR count). The van der Waals surface area contributed by atoms with Crippen LogP contribution in [0.15, 0.2) is 46.0 Å². The van der Waals surface area contributed by atoms with Crippen LogP contribution >= 0.6 is 24.0 Å². The molecule has 0 radical (unpaired) electrons. The Labute approximate surface area is 190 Å². The lowest BCUT2D eigenvalue weighted by Crippen LogP contribution is -2.38. The predicted molar refractivity (Wildman–Crippen MR) is 126 cm³/mol. The van der Waals surface area contributed by atoms with Crippen LogP contribution in [0.4, 0.5) is 0 Å². The van der Waals surface area contributed by atoms with E-state index in [1.165, 1.54) is 5.56 Å². The van der Waals surface area contributed by atoms with Crippen LogP contribution in [0.1, 0.15) is 24.7 Å². The molecule has 162 valence electrons.